The van der Waals surface area contributed by atoms with E-state index in [1.54, 1.807) is 24.4 Å². The summed E-state index contributed by atoms with van der Waals surface area (Å²) in [5.74, 6) is 1.41. The minimum atomic E-state index is -0.538. The molecule has 184 valence electrons. The molecule has 0 saturated carbocycles. The van der Waals surface area contributed by atoms with Crippen molar-refractivity contribution >= 4 is 18.3 Å². The number of carbonyl (C=O) groups is 1. The van der Waals surface area contributed by atoms with E-state index in [1.807, 2.05) is 30.3 Å². The predicted molar refractivity (Wildman–Crippen MR) is 131 cm³/mol. The highest BCUT2D eigenvalue weighted by molar-refractivity contribution is 5.94. The molecule has 2 N–H and O–H groups in total. The molecule has 2 aromatic carbocycles. The summed E-state index contributed by atoms with van der Waals surface area (Å²) in [6, 6.07) is 15.8. The molecule has 1 fully saturated rings. The Morgan fingerprint density at radius 2 is 2.03 bits per heavy atom. The highest BCUT2D eigenvalue weighted by Gasteiger charge is 2.28. The van der Waals surface area contributed by atoms with Crippen molar-refractivity contribution in [3.63, 3.8) is 0 Å². The maximum Gasteiger partial charge on any atom is 0.254 e. The van der Waals surface area contributed by atoms with Gasteiger partial charge in [0, 0.05) is 24.7 Å². The molecule has 0 radical (unpaired) electrons. The maximum atomic E-state index is 14.6. The second kappa shape index (κ2) is 11.4. The first-order valence-corrected chi connectivity index (χ1v) is 11.4. The summed E-state index contributed by atoms with van der Waals surface area (Å²) in [4.78, 5) is 16.9. The zero-order chi connectivity index (χ0) is 23.3. The lowest BCUT2D eigenvalue weighted by Crippen LogP contribution is -2.38. The van der Waals surface area contributed by atoms with Crippen molar-refractivity contribution in [3.05, 3.63) is 83.4 Å². The quantitative estimate of drug-likeness (QED) is 0.510. The van der Waals surface area contributed by atoms with Crippen molar-refractivity contribution in [3.8, 4) is 17.2 Å². The number of ether oxygens (including phenoxy) is 3. The van der Waals surface area contributed by atoms with Crippen LogP contribution in [-0.2, 0) is 6.54 Å². The lowest BCUT2D eigenvalue weighted by molar-refractivity contribution is 0.0946. The molecule has 1 amide bonds. The molecule has 5 rings (SSSR count). The van der Waals surface area contributed by atoms with Gasteiger partial charge >= 0.3 is 0 Å². The lowest BCUT2D eigenvalue weighted by atomic mass is 9.81. The average molecular weight is 500 g/mol. The van der Waals surface area contributed by atoms with Crippen molar-refractivity contribution in [2.75, 3.05) is 26.5 Å². The topological polar surface area (TPSA) is 81.7 Å². The third kappa shape index (κ3) is 5.83. The Bertz CT molecular complexity index is 1160. The molecule has 35 heavy (non-hydrogen) atoms. The minimum Gasteiger partial charge on any atom is -0.493 e. The Kier molecular flexibility index (Phi) is 8.05. The number of amides is 1. The first-order valence-electron chi connectivity index (χ1n) is 11.4. The summed E-state index contributed by atoms with van der Waals surface area (Å²) >= 11 is 0. The number of pyridine rings is 1. The number of rotatable bonds is 7. The zero-order valence-electron chi connectivity index (χ0n) is 19.0. The van der Waals surface area contributed by atoms with E-state index in [4.69, 9.17) is 14.2 Å². The molecule has 7 nitrogen and oxygen atoms in total. The number of carbonyl (C=O) groups excluding carboxylic acids is 1. The Hall–Kier alpha value is -3.36. The summed E-state index contributed by atoms with van der Waals surface area (Å²) in [7, 11) is 0. The van der Waals surface area contributed by atoms with Gasteiger partial charge in [-0.15, -0.1) is 12.4 Å². The summed E-state index contributed by atoms with van der Waals surface area (Å²) in [6.45, 7) is 2.56. The van der Waals surface area contributed by atoms with E-state index >= 15 is 0 Å². The van der Waals surface area contributed by atoms with Crippen LogP contribution in [-0.4, -0.2) is 37.4 Å². The van der Waals surface area contributed by atoms with Gasteiger partial charge in [0.1, 0.15) is 11.6 Å². The first-order chi connectivity index (χ1) is 16.7. The largest absolute Gasteiger partial charge is 0.493 e. The van der Waals surface area contributed by atoms with E-state index in [-0.39, 0.29) is 43.1 Å². The molecule has 2 aliphatic heterocycles. The van der Waals surface area contributed by atoms with Crippen molar-refractivity contribution in [1.82, 2.24) is 15.6 Å². The van der Waals surface area contributed by atoms with Crippen molar-refractivity contribution in [2.24, 2.45) is 5.92 Å². The van der Waals surface area contributed by atoms with E-state index < -0.39 is 11.7 Å². The van der Waals surface area contributed by atoms with Gasteiger partial charge in [-0.25, -0.2) is 4.39 Å². The van der Waals surface area contributed by atoms with Gasteiger partial charge in [-0.3, -0.25) is 9.78 Å². The second-order valence-electron chi connectivity index (χ2n) is 8.43. The number of nitrogens with one attached hydrogen (secondary N) is 2. The molecule has 1 aromatic heterocycles. The fourth-order valence-electron chi connectivity index (χ4n) is 4.42. The molecule has 0 spiro atoms. The van der Waals surface area contributed by atoms with E-state index in [1.165, 1.54) is 6.07 Å². The van der Waals surface area contributed by atoms with Crippen LogP contribution in [0.4, 0.5) is 4.39 Å². The highest BCUT2D eigenvalue weighted by atomic mass is 35.5. The lowest BCUT2D eigenvalue weighted by Gasteiger charge is -2.32. The van der Waals surface area contributed by atoms with Gasteiger partial charge in [0.25, 0.3) is 5.91 Å². The van der Waals surface area contributed by atoms with Gasteiger partial charge in [-0.05, 0) is 60.8 Å². The monoisotopic (exact) mass is 499 g/mol. The van der Waals surface area contributed by atoms with Crippen LogP contribution in [0.3, 0.4) is 0 Å². The number of nitrogens with zero attached hydrogens (tertiary/aromatic N) is 1. The van der Waals surface area contributed by atoms with Gasteiger partial charge in [-0.2, -0.15) is 0 Å². The van der Waals surface area contributed by atoms with Crippen LogP contribution < -0.4 is 24.8 Å². The van der Waals surface area contributed by atoms with E-state index in [9.17, 15) is 9.18 Å². The Morgan fingerprint density at radius 1 is 1.14 bits per heavy atom. The molecular weight excluding hydrogens is 473 g/mol. The average Bonchev–Trinajstić information content (AvgIpc) is 3.35. The van der Waals surface area contributed by atoms with Gasteiger partial charge < -0.3 is 24.8 Å². The van der Waals surface area contributed by atoms with Crippen molar-refractivity contribution in [1.29, 1.82) is 0 Å². The SMILES string of the molecule is Cl.O=C(NCc1ccccn1)c1cc(C2CCNCC2COc2ccc3c(c2)OCO3)ccc1F. The fourth-order valence-corrected chi connectivity index (χ4v) is 4.42. The first kappa shape index (κ1) is 24.8. The Labute approximate surface area is 209 Å². The molecule has 9 heteroatoms. The van der Waals surface area contributed by atoms with Gasteiger partial charge in [0.2, 0.25) is 6.79 Å². The molecule has 3 aromatic rings. The van der Waals surface area contributed by atoms with Crippen LogP contribution in [0, 0.1) is 11.7 Å². The van der Waals surface area contributed by atoms with Crippen LogP contribution in [0.2, 0.25) is 0 Å². The number of hydrogen-bond donors (Lipinski definition) is 2. The van der Waals surface area contributed by atoms with E-state index in [2.05, 4.69) is 15.6 Å². The number of halogens is 2. The minimum absolute atomic E-state index is 0. The summed E-state index contributed by atoms with van der Waals surface area (Å²) in [6.07, 6.45) is 2.53. The van der Waals surface area contributed by atoms with Gasteiger partial charge in [0.15, 0.2) is 11.5 Å². The zero-order valence-corrected chi connectivity index (χ0v) is 19.9. The number of hydrogen-bond acceptors (Lipinski definition) is 6. The normalized spacial score (nSPS) is 18.4. The van der Waals surface area contributed by atoms with Crippen molar-refractivity contribution in [2.45, 2.75) is 18.9 Å². The second-order valence-corrected chi connectivity index (χ2v) is 8.43. The summed E-state index contributed by atoms with van der Waals surface area (Å²) in [5, 5.41) is 6.18. The molecule has 3 heterocycles. The highest BCUT2D eigenvalue weighted by Crippen LogP contribution is 2.36. The third-order valence-electron chi connectivity index (χ3n) is 6.24. The number of fused-ring (bicyclic) bond motifs is 1. The van der Waals surface area contributed by atoms with Crippen LogP contribution in [0.15, 0.2) is 60.8 Å². The summed E-state index contributed by atoms with van der Waals surface area (Å²) < 4.78 is 31.4. The van der Waals surface area contributed by atoms with Gasteiger partial charge in [0.05, 0.1) is 24.4 Å². The maximum absolute atomic E-state index is 14.6. The number of piperidine rings is 1. The van der Waals surface area contributed by atoms with Crippen molar-refractivity contribution < 1.29 is 23.4 Å². The van der Waals surface area contributed by atoms with Crippen LogP contribution in [0.1, 0.15) is 34.0 Å². The van der Waals surface area contributed by atoms with Crippen LogP contribution in [0.5, 0.6) is 17.2 Å². The molecule has 0 bridgehead atoms. The molecule has 1 saturated heterocycles. The smallest absolute Gasteiger partial charge is 0.254 e. The Balaban J connectivity index is 0.00000289. The predicted octanol–water partition coefficient (Wildman–Crippen LogP) is 4.07. The number of aromatic nitrogens is 1. The molecule has 2 unspecified atom stereocenters. The van der Waals surface area contributed by atoms with E-state index in [0.717, 1.165) is 25.1 Å². The fraction of sp³-hybridized carbons (Fsp3) is 0.308. The van der Waals surface area contributed by atoms with Crippen LogP contribution >= 0.6 is 12.4 Å². The van der Waals surface area contributed by atoms with E-state index in [0.29, 0.717) is 29.5 Å². The third-order valence-corrected chi connectivity index (χ3v) is 6.24. The number of benzene rings is 2. The molecule has 2 aliphatic rings. The molecular formula is C26H27ClFN3O4. The van der Waals surface area contributed by atoms with Gasteiger partial charge in [-0.1, -0.05) is 12.1 Å². The standard InChI is InChI=1S/C26H26FN3O4.ClH/c27-23-6-4-17(11-22(23)26(31)30-14-19-3-1-2-9-29-19)21-8-10-28-13-18(21)15-32-20-5-7-24-25(12-20)34-16-33-24;/h1-7,9,11-12,18,21,28H,8,10,13-16H2,(H,30,31);1H. The molecule has 2 atom stereocenters. The summed E-state index contributed by atoms with van der Waals surface area (Å²) in [5.41, 5.74) is 1.69. The van der Waals surface area contributed by atoms with Crippen LogP contribution in [0.25, 0.3) is 0 Å². The Morgan fingerprint density at radius 3 is 2.89 bits per heavy atom. The molecule has 0 aliphatic carbocycles.